The average molecular weight is 206 g/mol. The summed E-state index contributed by atoms with van der Waals surface area (Å²) in [5.74, 6) is -2.15. The Morgan fingerprint density at radius 1 is 1.31 bits per heavy atom. The SMILES string of the molecule is CC(C)(C)SC(CC(=O)O)C(=O)O. The zero-order chi connectivity index (χ0) is 10.6. The van der Waals surface area contributed by atoms with Gasteiger partial charge >= 0.3 is 11.9 Å². The molecule has 0 aliphatic rings. The van der Waals surface area contributed by atoms with Crippen LogP contribution in [0.3, 0.4) is 0 Å². The van der Waals surface area contributed by atoms with E-state index >= 15 is 0 Å². The molecule has 0 amide bonds. The molecule has 76 valence electrons. The van der Waals surface area contributed by atoms with Crippen molar-refractivity contribution < 1.29 is 19.8 Å². The maximum atomic E-state index is 10.6. The fraction of sp³-hybridized carbons (Fsp3) is 0.750. The molecule has 0 rings (SSSR count). The topological polar surface area (TPSA) is 74.6 Å². The van der Waals surface area contributed by atoms with Gasteiger partial charge in [0.05, 0.1) is 6.42 Å². The summed E-state index contributed by atoms with van der Waals surface area (Å²) in [4.78, 5) is 21.0. The van der Waals surface area contributed by atoms with Crippen LogP contribution in [0.2, 0.25) is 0 Å². The Morgan fingerprint density at radius 2 is 1.77 bits per heavy atom. The number of aliphatic carboxylic acids is 2. The van der Waals surface area contributed by atoms with Crippen molar-refractivity contribution in [3.8, 4) is 0 Å². The first-order chi connectivity index (χ1) is 5.72. The molecule has 0 aliphatic carbocycles. The van der Waals surface area contributed by atoms with E-state index in [1.54, 1.807) is 0 Å². The Hall–Kier alpha value is -0.710. The van der Waals surface area contributed by atoms with E-state index in [0.717, 1.165) is 11.8 Å². The van der Waals surface area contributed by atoms with Gasteiger partial charge < -0.3 is 10.2 Å². The van der Waals surface area contributed by atoms with Gasteiger partial charge in [-0.2, -0.15) is 0 Å². The van der Waals surface area contributed by atoms with Crippen molar-refractivity contribution in [2.24, 2.45) is 0 Å². The number of thioether (sulfide) groups is 1. The molecule has 2 N–H and O–H groups in total. The van der Waals surface area contributed by atoms with Gasteiger partial charge in [-0.15, -0.1) is 11.8 Å². The number of hydrogen-bond donors (Lipinski definition) is 2. The zero-order valence-electron chi connectivity index (χ0n) is 7.90. The third-order valence-corrected chi connectivity index (χ3v) is 2.49. The zero-order valence-corrected chi connectivity index (χ0v) is 8.72. The molecular weight excluding hydrogens is 192 g/mol. The summed E-state index contributed by atoms with van der Waals surface area (Å²) < 4.78 is -0.238. The van der Waals surface area contributed by atoms with Crippen molar-refractivity contribution in [3.63, 3.8) is 0 Å². The highest BCUT2D eigenvalue weighted by Crippen LogP contribution is 2.29. The molecule has 0 fully saturated rings. The van der Waals surface area contributed by atoms with Gasteiger partial charge in [0.15, 0.2) is 0 Å². The second-order valence-electron chi connectivity index (χ2n) is 3.65. The summed E-state index contributed by atoms with van der Waals surface area (Å²) in [7, 11) is 0. The first-order valence-electron chi connectivity index (χ1n) is 3.85. The average Bonchev–Trinajstić information content (AvgIpc) is 1.81. The van der Waals surface area contributed by atoms with E-state index in [1.165, 1.54) is 0 Å². The number of carboxylic acid groups (broad SMARTS) is 2. The maximum absolute atomic E-state index is 10.6. The third kappa shape index (κ3) is 6.45. The summed E-state index contributed by atoms with van der Waals surface area (Å²) in [6.45, 7) is 5.57. The molecule has 13 heavy (non-hydrogen) atoms. The molecular formula is C8H14O4S. The second-order valence-corrected chi connectivity index (χ2v) is 5.68. The van der Waals surface area contributed by atoms with Crippen LogP contribution in [-0.2, 0) is 9.59 Å². The monoisotopic (exact) mass is 206 g/mol. The number of rotatable bonds is 4. The van der Waals surface area contributed by atoms with Crippen LogP contribution in [0.1, 0.15) is 27.2 Å². The van der Waals surface area contributed by atoms with Crippen LogP contribution in [0.15, 0.2) is 0 Å². The van der Waals surface area contributed by atoms with Gasteiger partial charge in [-0.25, -0.2) is 0 Å². The van der Waals surface area contributed by atoms with Gasteiger partial charge in [-0.05, 0) is 0 Å². The Morgan fingerprint density at radius 3 is 2.00 bits per heavy atom. The first kappa shape index (κ1) is 12.3. The van der Waals surface area contributed by atoms with Crippen LogP contribution in [0.4, 0.5) is 0 Å². The normalized spacial score (nSPS) is 13.8. The molecule has 0 aromatic carbocycles. The van der Waals surface area contributed by atoms with Crippen LogP contribution in [0.5, 0.6) is 0 Å². The lowest BCUT2D eigenvalue weighted by atomic mass is 10.2. The van der Waals surface area contributed by atoms with Crippen molar-refractivity contribution in [1.82, 2.24) is 0 Å². The van der Waals surface area contributed by atoms with Gasteiger partial charge in [0, 0.05) is 4.75 Å². The highest BCUT2D eigenvalue weighted by atomic mass is 32.2. The van der Waals surface area contributed by atoms with Crippen molar-refractivity contribution in [3.05, 3.63) is 0 Å². The van der Waals surface area contributed by atoms with Gasteiger partial charge in [-0.3, -0.25) is 9.59 Å². The fourth-order valence-electron chi connectivity index (χ4n) is 0.765. The molecule has 0 saturated heterocycles. The largest absolute Gasteiger partial charge is 0.481 e. The third-order valence-electron chi connectivity index (χ3n) is 1.13. The lowest BCUT2D eigenvalue weighted by Gasteiger charge is -2.21. The quantitative estimate of drug-likeness (QED) is 0.728. The molecule has 0 aromatic heterocycles. The standard InChI is InChI=1S/C8H14O4S/c1-8(2,3)13-5(7(11)12)4-6(9)10/h5H,4H2,1-3H3,(H,9,10)(H,11,12). The van der Waals surface area contributed by atoms with E-state index in [9.17, 15) is 9.59 Å². The molecule has 0 heterocycles. The summed E-state index contributed by atoms with van der Waals surface area (Å²) in [6, 6.07) is 0. The molecule has 4 nitrogen and oxygen atoms in total. The molecule has 0 aromatic rings. The van der Waals surface area contributed by atoms with Gasteiger partial charge in [0.25, 0.3) is 0 Å². The predicted octanol–water partition coefficient (Wildman–Crippen LogP) is 1.45. The van der Waals surface area contributed by atoms with E-state index in [-0.39, 0.29) is 11.2 Å². The fourth-order valence-corrected chi connectivity index (χ4v) is 1.95. The number of hydrogen-bond acceptors (Lipinski definition) is 3. The number of carbonyl (C=O) groups is 2. The minimum atomic E-state index is -1.08. The summed E-state index contributed by atoms with van der Waals surface area (Å²) in [5, 5.41) is 16.3. The molecule has 0 radical (unpaired) electrons. The summed E-state index contributed by atoms with van der Waals surface area (Å²) >= 11 is 1.16. The van der Waals surface area contributed by atoms with Crippen LogP contribution < -0.4 is 0 Å². The molecule has 1 atom stereocenters. The van der Waals surface area contributed by atoms with Gasteiger partial charge in [0.2, 0.25) is 0 Å². The minimum Gasteiger partial charge on any atom is -0.481 e. The van der Waals surface area contributed by atoms with Crippen molar-refractivity contribution in [2.45, 2.75) is 37.2 Å². The van der Waals surface area contributed by atoms with Gasteiger partial charge in [-0.1, -0.05) is 20.8 Å². The Kier molecular flexibility index (Phi) is 4.26. The lowest BCUT2D eigenvalue weighted by Crippen LogP contribution is -2.25. The summed E-state index contributed by atoms with van der Waals surface area (Å²) in [6.07, 6.45) is -0.336. The smallest absolute Gasteiger partial charge is 0.317 e. The minimum absolute atomic E-state index is 0.238. The van der Waals surface area contributed by atoms with E-state index < -0.39 is 17.2 Å². The van der Waals surface area contributed by atoms with Crippen molar-refractivity contribution in [2.75, 3.05) is 0 Å². The van der Waals surface area contributed by atoms with Crippen LogP contribution >= 0.6 is 11.8 Å². The van der Waals surface area contributed by atoms with Crippen LogP contribution in [0, 0.1) is 0 Å². The highest BCUT2D eigenvalue weighted by Gasteiger charge is 2.27. The van der Waals surface area contributed by atoms with E-state index in [4.69, 9.17) is 10.2 Å². The molecule has 0 bridgehead atoms. The Bertz CT molecular complexity index is 207. The first-order valence-corrected chi connectivity index (χ1v) is 4.73. The van der Waals surface area contributed by atoms with Crippen LogP contribution in [0.25, 0.3) is 0 Å². The Balaban J connectivity index is 4.27. The van der Waals surface area contributed by atoms with E-state index in [0.29, 0.717) is 0 Å². The predicted molar refractivity (Wildman–Crippen MR) is 51.0 cm³/mol. The van der Waals surface area contributed by atoms with E-state index in [2.05, 4.69) is 0 Å². The molecule has 5 heteroatoms. The maximum Gasteiger partial charge on any atom is 0.317 e. The van der Waals surface area contributed by atoms with Crippen LogP contribution in [-0.4, -0.2) is 32.1 Å². The van der Waals surface area contributed by atoms with E-state index in [1.807, 2.05) is 20.8 Å². The van der Waals surface area contributed by atoms with Gasteiger partial charge in [0.1, 0.15) is 5.25 Å². The van der Waals surface area contributed by atoms with Crippen molar-refractivity contribution >= 4 is 23.7 Å². The molecule has 0 spiro atoms. The molecule has 0 aliphatic heterocycles. The molecule has 0 saturated carbocycles. The molecule has 1 unspecified atom stereocenters. The van der Waals surface area contributed by atoms with Crippen molar-refractivity contribution in [1.29, 1.82) is 0 Å². The number of carboxylic acids is 2. The highest BCUT2D eigenvalue weighted by molar-refractivity contribution is 8.01. The lowest BCUT2D eigenvalue weighted by molar-refractivity contribution is -0.142. The Labute approximate surface area is 81.3 Å². The summed E-state index contributed by atoms with van der Waals surface area (Å²) in [5.41, 5.74) is 0. The second kappa shape index (κ2) is 4.50.